The number of amides is 2. The first-order chi connectivity index (χ1) is 8.06. The van der Waals surface area contributed by atoms with Gasteiger partial charge in [0.15, 0.2) is 0 Å². The molecule has 0 aliphatic rings. The third-order valence-electron chi connectivity index (χ3n) is 1.89. The zero-order valence-corrected chi connectivity index (χ0v) is 9.06. The molecule has 0 aliphatic heterocycles. The van der Waals surface area contributed by atoms with Crippen LogP contribution in [0.5, 0.6) is 5.75 Å². The number of hydrogen-bond donors (Lipinski definition) is 3. The number of aromatic hydroxyl groups is 1. The first-order valence-electron chi connectivity index (χ1n) is 4.76. The molecule has 0 saturated heterocycles. The lowest BCUT2D eigenvalue weighted by molar-refractivity contribution is -0.112. The minimum Gasteiger partial charge on any atom is -0.506 e. The average Bonchev–Trinajstić information content (AvgIpc) is 2.32. The standard InChI is InChI=1S/C12H12N2O3/c1-3-11(16)13-8-5-6-9(10(15)7-8)14-12(17)4-2/h3-7,15H,1-2H2,(H,13,16)(H,14,17). The number of anilines is 2. The van der Waals surface area contributed by atoms with Crippen molar-refractivity contribution in [3.8, 4) is 5.75 Å². The number of hydrogen-bond acceptors (Lipinski definition) is 3. The quantitative estimate of drug-likeness (QED) is 0.545. The number of rotatable bonds is 4. The summed E-state index contributed by atoms with van der Waals surface area (Å²) in [5.74, 6) is -0.961. The molecule has 17 heavy (non-hydrogen) atoms. The van der Waals surface area contributed by atoms with E-state index in [1.165, 1.54) is 12.1 Å². The summed E-state index contributed by atoms with van der Waals surface area (Å²) in [6.07, 6.45) is 2.21. The first-order valence-corrected chi connectivity index (χ1v) is 4.76. The van der Waals surface area contributed by atoms with Gasteiger partial charge in [-0.05, 0) is 24.3 Å². The van der Waals surface area contributed by atoms with Crippen LogP contribution in [-0.4, -0.2) is 16.9 Å². The number of carbonyl (C=O) groups excluding carboxylic acids is 2. The third-order valence-corrected chi connectivity index (χ3v) is 1.89. The highest BCUT2D eigenvalue weighted by Crippen LogP contribution is 2.26. The Labute approximate surface area is 98.5 Å². The topological polar surface area (TPSA) is 78.4 Å². The van der Waals surface area contributed by atoms with Crippen LogP contribution in [0.1, 0.15) is 0 Å². The zero-order chi connectivity index (χ0) is 12.8. The maximum atomic E-state index is 11.0. The molecule has 1 aromatic rings. The van der Waals surface area contributed by atoms with E-state index >= 15 is 0 Å². The predicted octanol–water partition coefficient (Wildman–Crippen LogP) is 1.64. The molecular formula is C12H12N2O3. The summed E-state index contributed by atoms with van der Waals surface area (Å²) in [6.45, 7) is 6.60. The molecule has 0 bridgehead atoms. The van der Waals surface area contributed by atoms with Gasteiger partial charge in [-0.15, -0.1) is 0 Å². The largest absolute Gasteiger partial charge is 0.506 e. The fraction of sp³-hybridized carbons (Fsp3) is 0. The summed E-state index contributed by atoms with van der Waals surface area (Å²) in [7, 11) is 0. The van der Waals surface area contributed by atoms with Crippen LogP contribution >= 0.6 is 0 Å². The maximum Gasteiger partial charge on any atom is 0.247 e. The van der Waals surface area contributed by atoms with Crippen molar-refractivity contribution >= 4 is 23.2 Å². The van der Waals surface area contributed by atoms with Crippen molar-refractivity contribution < 1.29 is 14.7 Å². The Hall–Kier alpha value is -2.56. The van der Waals surface area contributed by atoms with E-state index in [4.69, 9.17) is 0 Å². The molecule has 0 saturated carbocycles. The van der Waals surface area contributed by atoms with Gasteiger partial charge in [-0.3, -0.25) is 9.59 Å². The summed E-state index contributed by atoms with van der Waals surface area (Å²) < 4.78 is 0. The van der Waals surface area contributed by atoms with Gasteiger partial charge >= 0.3 is 0 Å². The van der Waals surface area contributed by atoms with E-state index in [1.54, 1.807) is 6.07 Å². The van der Waals surface area contributed by atoms with E-state index in [2.05, 4.69) is 23.8 Å². The van der Waals surface area contributed by atoms with Crippen LogP contribution < -0.4 is 10.6 Å². The second kappa shape index (κ2) is 5.50. The normalized spacial score (nSPS) is 9.18. The van der Waals surface area contributed by atoms with Crippen LogP contribution in [0, 0.1) is 0 Å². The van der Waals surface area contributed by atoms with E-state index in [9.17, 15) is 14.7 Å². The number of benzene rings is 1. The van der Waals surface area contributed by atoms with Crippen molar-refractivity contribution in [3.05, 3.63) is 43.5 Å². The van der Waals surface area contributed by atoms with Crippen LogP contribution in [0.2, 0.25) is 0 Å². The number of phenols is 1. The molecule has 0 atom stereocenters. The van der Waals surface area contributed by atoms with Crippen LogP contribution in [0.3, 0.4) is 0 Å². The van der Waals surface area contributed by atoms with Gasteiger partial charge in [0.2, 0.25) is 11.8 Å². The lowest BCUT2D eigenvalue weighted by Gasteiger charge is -2.07. The smallest absolute Gasteiger partial charge is 0.247 e. The van der Waals surface area contributed by atoms with Crippen molar-refractivity contribution in [1.29, 1.82) is 0 Å². The minimum atomic E-state index is -0.428. The molecule has 2 amide bonds. The molecule has 1 rings (SSSR count). The van der Waals surface area contributed by atoms with E-state index in [1.807, 2.05) is 0 Å². The number of phenolic OH excluding ortho intramolecular Hbond substituents is 1. The monoisotopic (exact) mass is 232 g/mol. The van der Waals surface area contributed by atoms with Crippen LogP contribution in [0.25, 0.3) is 0 Å². The second-order valence-corrected chi connectivity index (χ2v) is 3.12. The molecule has 0 radical (unpaired) electrons. The zero-order valence-electron chi connectivity index (χ0n) is 9.06. The van der Waals surface area contributed by atoms with Gasteiger partial charge in [-0.25, -0.2) is 0 Å². The van der Waals surface area contributed by atoms with Crippen molar-refractivity contribution in [2.24, 2.45) is 0 Å². The van der Waals surface area contributed by atoms with Crippen molar-refractivity contribution in [2.45, 2.75) is 0 Å². The van der Waals surface area contributed by atoms with Gasteiger partial charge in [0, 0.05) is 11.8 Å². The lowest BCUT2D eigenvalue weighted by Crippen LogP contribution is -2.09. The van der Waals surface area contributed by atoms with Gasteiger partial charge in [-0.2, -0.15) is 0 Å². The Morgan fingerprint density at radius 3 is 2.24 bits per heavy atom. The van der Waals surface area contributed by atoms with E-state index < -0.39 is 5.91 Å². The molecule has 0 heterocycles. The van der Waals surface area contributed by atoms with Crippen LogP contribution in [0.4, 0.5) is 11.4 Å². The van der Waals surface area contributed by atoms with Gasteiger partial charge in [0.1, 0.15) is 5.75 Å². The molecular weight excluding hydrogens is 220 g/mol. The Morgan fingerprint density at radius 1 is 1.12 bits per heavy atom. The van der Waals surface area contributed by atoms with Gasteiger partial charge in [0.05, 0.1) is 5.69 Å². The van der Waals surface area contributed by atoms with E-state index in [0.717, 1.165) is 12.2 Å². The molecule has 0 fully saturated rings. The Kier molecular flexibility index (Phi) is 4.05. The first kappa shape index (κ1) is 12.5. The molecule has 5 nitrogen and oxygen atoms in total. The summed E-state index contributed by atoms with van der Waals surface area (Å²) in [5.41, 5.74) is 0.649. The van der Waals surface area contributed by atoms with Gasteiger partial charge in [0.25, 0.3) is 0 Å². The molecule has 0 aliphatic carbocycles. The summed E-state index contributed by atoms with van der Waals surface area (Å²) >= 11 is 0. The summed E-state index contributed by atoms with van der Waals surface area (Å²) in [5, 5.41) is 14.5. The predicted molar refractivity (Wildman–Crippen MR) is 65.8 cm³/mol. The third kappa shape index (κ3) is 3.49. The maximum absolute atomic E-state index is 11.0. The van der Waals surface area contributed by atoms with Gasteiger partial charge in [-0.1, -0.05) is 13.2 Å². The fourth-order valence-electron chi connectivity index (χ4n) is 1.09. The average molecular weight is 232 g/mol. The van der Waals surface area contributed by atoms with Crippen LogP contribution in [-0.2, 0) is 9.59 Å². The number of carbonyl (C=O) groups is 2. The molecule has 3 N–H and O–H groups in total. The molecule has 0 spiro atoms. The molecule has 88 valence electrons. The van der Waals surface area contributed by atoms with Crippen molar-refractivity contribution in [2.75, 3.05) is 10.6 Å². The molecule has 0 unspecified atom stereocenters. The molecule has 0 aromatic heterocycles. The van der Waals surface area contributed by atoms with E-state index in [-0.39, 0.29) is 17.3 Å². The number of nitrogens with one attached hydrogen (secondary N) is 2. The SMILES string of the molecule is C=CC(=O)Nc1ccc(NC(=O)C=C)c(O)c1. The highest BCUT2D eigenvalue weighted by Gasteiger charge is 2.05. The summed E-state index contributed by atoms with van der Waals surface area (Å²) in [6, 6.07) is 4.33. The Bertz CT molecular complexity index is 481. The van der Waals surface area contributed by atoms with Crippen molar-refractivity contribution in [1.82, 2.24) is 0 Å². The van der Waals surface area contributed by atoms with Crippen LogP contribution in [0.15, 0.2) is 43.5 Å². The van der Waals surface area contributed by atoms with E-state index in [0.29, 0.717) is 5.69 Å². The highest BCUT2D eigenvalue weighted by molar-refractivity contribution is 6.01. The Balaban J connectivity index is 2.85. The second-order valence-electron chi connectivity index (χ2n) is 3.12. The van der Waals surface area contributed by atoms with Gasteiger partial charge < -0.3 is 15.7 Å². The molecule has 5 heteroatoms. The molecule has 1 aromatic carbocycles. The Morgan fingerprint density at radius 2 is 1.71 bits per heavy atom. The highest BCUT2D eigenvalue weighted by atomic mass is 16.3. The summed E-state index contributed by atoms with van der Waals surface area (Å²) in [4.78, 5) is 22.0. The fourth-order valence-corrected chi connectivity index (χ4v) is 1.09. The minimum absolute atomic E-state index is 0.151. The lowest BCUT2D eigenvalue weighted by atomic mass is 10.2. The van der Waals surface area contributed by atoms with Crippen molar-refractivity contribution in [3.63, 3.8) is 0 Å².